The van der Waals surface area contributed by atoms with Gasteiger partial charge in [0.05, 0.1) is 34.6 Å². The van der Waals surface area contributed by atoms with Gasteiger partial charge in [0.1, 0.15) is 6.61 Å². The van der Waals surface area contributed by atoms with Crippen LogP contribution in [-0.4, -0.2) is 20.6 Å². The van der Waals surface area contributed by atoms with Crippen molar-refractivity contribution in [2.24, 2.45) is 0 Å². The lowest BCUT2D eigenvalue weighted by atomic mass is 9.86. The van der Waals surface area contributed by atoms with Crippen LogP contribution in [0.2, 0.25) is 0 Å². The Labute approximate surface area is 167 Å². The Morgan fingerprint density at radius 1 is 1.23 bits per heavy atom. The lowest BCUT2D eigenvalue weighted by molar-refractivity contribution is -0.172. The third-order valence-electron chi connectivity index (χ3n) is 5.84. The van der Waals surface area contributed by atoms with E-state index in [1.54, 1.807) is 13.0 Å². The Morgan fingerprint density at radius 3 is 2.70 bits per heavy atom. The summed E-state index contributed by atoms with van der Waals surface area (Å²) in [6.45, 7) is 1.55. The number of hydrogen-bond acceptors (Lipinski definition) is 5. The quantitative estimate of drug-likeness (QED) is 0.483. The van der Waals surface area contributed by atoms with Crippen LogP contribution in [-0.2, 0) is 34.5 Å². The molecule has 1 atom stereocenters. The highest BCUT2D eigenvalue weighted by atomic mass is 19.4. The van der Waals surface area contributed by atoms with Gasteiger partial charge in [0, 0.05) is 16.5 Å². The van der Waals surface area contributed by atoms with E-state index in [1.165, 1.54) is 16.7 Å². The van der Waals surface area contributed by atoms with Gasteiger partial charge in [-0.25, -0.2) is 9.78 Å². The van der Waals surface area contributed by atoms with Gasteiger partial charge >= 0.3 is 12.1 Å². The Kier molecular flexibility index (Phi) is 3.71. The molecule has 2 aromatic heterocycles. The molecule has 0 amide bonds. The third kappa shape index (κ3) is 2.44. The van der Waals surface area contributed by atoms with Gasteiger partial charge in [-0.05, 0) is 30.7 Å². The summed E-state index contributed by atoms with van der Waals surface area (Å²) in [5.74, 6) is -0.832. The summed E-state index contributed by atoms with van der Waals surface area (Å²) in [4.78, 5) is 29.6. The molecule has 2 aliphatic rings. The van der Waals surface area contributed by atoms with Gasteiger partial charge in [-0.3, -0.25) is 4.79 Å². The number of ether oxygens (including phenoxy) is 1. The van der Waals surface area contributed by atoms with Gasteiger partial charge in [0.2, 0.25) is 0 Å². The maximum Gasteiger partial charge on any atom is 0.416 e. The second kappa shape index (κ2) is 5.91. The van der Waals surface area contributed by atoms with E-state index in [9.17, 15) is 27.9 Å². The maximum absolute atomic E-state index is 13.1. The van der Waals surface area contributed by atoms with Crippen LogP contribution in [0.5, 0.6) is 0 Å². The number of rotatable bonds is 1. The molecular formula is C21H15F3N2O4. The number of hydrogen-bond donors (Lipinski definition) is 1. The minimum atomic E-state index is -4.50. The summed E-state index contributed by atoms with van der Waals surface area (Å²) < 4.78 is 45.7. The van der Waals surface area contributed by atoms with Gasteiger partial charge in [-0.2, -0.15) is 13.2 Å². The molecule has 0 bridgehead atoms. The number of benzene rings is 1. The van der Waals surface area contributed by atoms with E-state index >= 15 is 0 Å². The van der Waals surface area contributed by atoms with Crippen LogP contribution >= 0.6 is 0 Å². The van der Waals surface area contributed by atoms with Crippen molar-refractivity contribution in [3.05, 3.63) is 62.9 Å². The van der Waals surface area contributed by atoms with Crippen LogP contribution in [0.1, 0.15) is 35.6 Å². The Bertz CT molecular complexity index is 1310. The average molecular weight is 416 g/mol. The molecule has 9 heteroatoms. The number of aromatic nitrogens is 2. The van der Waals surface area contributed by atoms with E-state index in [0.717, 1.165) is 12.1 Å². The summed E-state index contributed by atoms with van der Waals surface area (Å²) in [5.41, 5.74) is -1.29. The van der Waals surface area contributed by atoms with E-state index in [2.05, 4.69) is 4.98 Å². The minimum Gasteiger partial charge on any atom is -0.458 e. The molecule has 0 spiro atoms. The van der Waals surface area contributed by atoms with E-state index in [4.69, 9.17) is 4.74 Å². The van der Waals surface area contributed by atoms with E-state index < -0.39 is 28.9 Å². The first-order valence-corrected chi connectivity index (χ1v) is 9.31. The number of cyclic esters (lactones) is 1. The molecule has 1 aromatic carbocycles. The first kappa shape index (κ1) is 18.8. The zero-order valence-corrected chi connectivity index (χ0v) is 15.7. The molecule has 6 nitrogen and oxygen atoms in total. The molecule has 0 saturated heterocycles. The summed E-state index contributed by atoms with van der Waals surface area (Å²) in [6, 6.07) is 6.54. The van der Waals surface area contributed by atoms with Crippen molar-refractivity contribution < 1.29 is 27.8 Å². The molecule has 30 heavy (non-hydrogen) atoms. The lowest BCUT2D eigenvalue weighted by Crippen LogP contribution is -2.44. The summed E-state index contributed by atoms with van der Waals surface area (Å²) in [7, 11) is 0. The van der Waals surface area contributed by atoms with Crippen molar-refractivity contribution >= 4 is 16.9 Å². The molecule has 0 fully saturated rings. The van der Waals surface area contributed by atoms with Crippen LogP contribution in [0, 0.1) is 0 Å². The number of carbonyl (C=O) groups is 1. The standard InChI is InChI=1S/C21H15F3N2O4/c1-2-20(29)14-7-16-17-11(8-26(16)18(27)13(14)9-30-19(20)28)5-10-3-4-12(21(22,23)24)6-15(10)25-17/h3-7,29H,2,8-9H2,1H3. The molecule has 5 rings (SSSR count). The van der Waals surface area contributed by atoms with Crippen LogP contribution in [0.25, 0.3) is 22.3 Å². The zero-order chi connectivity index (χ0) is 21.4. The van der Waals surface area contributed by atoms with Gasteiger partial charge in [0.25, 0.3) is 5.56 Å². The number of aliphatic hydroxyl groups is 1. The van der Waals surface area contributed by atoms with E-state index in [-0.39, 0.29) is 36.2 Å². The number of pyridine rings is 2. The smallest absolute Gasteiger partial charge is 0.416 e. The highest BCUT2D eigenvalue weighted by Gasteiger charge is 2.45. The fourth-order valence-corrected chi connectivity index (χ4v) is 4.15. The fourth-order valence-electron chi connectivity index (χ4n) is 4.15. The SMILES string of the molecule is CCC1(O)C(=O)OCc2c1cc1n(c2=O)Cc2cc3ccc(C(F)(F)F)cc3nc2-1. The molecule has 3 aromatic rings. The second-order valence-corrected chi connectivity index (χ2v) is 7.50. The Hall–Kier alpha value is -3.20. The normalized spacial score (nSPS) is 20.0. The molecule has 154 valence electrons. The van der Waals surface area contributed by atoms with Crippen molar-refractivity contribution in [3.8, 4) is 11.4 Å². The highest BCUT2D eigenvalue weighted by Crippen LogP contribution is 2.39. The first-order valence-electron chi connectivity index (χ1n) is 9.31. The monoisotopic (exact) mass is 416 g/mol. The number of nitrogens with zero attached hydrogens (tertiary/aromatic N) is 2. The van der Waals surface area contributed by atoms with E-state index in [1.807, 2.05) is 0 Å². The average Bonchev–Trinajstić information content (AvgIpc) is 3.06. The summed E-state index contributed by atoms with van der Waals surface area (Å²) in [5, 5.41) is 11.4. The van der Waals surface area contributed by atoms with Gasteiger partial charge in [0.15, 0.2) is 5.60 Å². The van der Waals surface area contributed by atoms with Crippen LogP contribution in [0.3, 0.4) is 0 Å². The molecule has 0 aliphatic carbocycles. The topological polar surface area (TPSA) is 81.4 Å². The Morgan fingerprint density at radius 2 is 2.00 bits per heavy atom. The van der Waals surface area contributed by atoms with Crippen molar-refractivity contribution in [2.45, 2.75) is 38.3 Å². The van der Waals surface area contributed by atoms with Crippen molar-refractivity contribution in [1.29, 1.82) is 0 Å². The highest BCUT2D eigenvalue weighted by molar-refractivity contribution is 5.86. The second-order valence-electron chi connectivity index (χ2n) is 7.50. The largest absolute Gasteiger partial charge is 0.458 e. The Balaban J connectivity index is 1.76. The van der Waals surface area contributed by atoms with Crippen LogP contribution in [0.15, 0.2) is 35.1 Å². The summed E-state index contributed by atoms with van der Waals surface area (Å²) >= 11 is 0. The van der Waals surface area contributed by atoms with Crippen LogP contribution in [0.4, 0.5) is 13.2 Å². The number of alkyl halides is 3. The van der Waals surface area contributed by atoms with Crippen molar-refractivity contribution in [1.82, 2.24) is 9.55 Å². The fraction of sp³-hybridized carbons (Fsp3) is 0.286. The zero-order valence-electron chi connectivity index (χ0n) is 15.7. The molecule has 2 aliphatic heterocycles. The molecule has 1 N–H and O–H groups in total. The number of esters is 1. The van der Waals surface area contributed by atoms with Gasteiger partial charge in [-0.1, -0.05) is 13.0 Å². The van der Waals surface area contributed by atoms with Crippen molar-refractivity contribution in [3.63, 3.8) is 0 Å². The molecular weight excluding hydrogens is 401 g/mol. The maximum atomic E-state index is 13.1. The van der Waals surface area contributed by atoms with Crippen LogP contribution < -0.4 is 5.56 Å². The minimum absolute atomic E-state index is 0.00861. The summed E-state index contributed by atoms with van der Waals surface area (Å²) in [6.07, 6.45) is -4.49. The number of fused-ring (bicyclic) bond motifs is 5. The first-order chi connectivity index (χ1) is 14.1. The molecule has 0 saturated carbocycles. The van der Waals surface area contributed by atoms with Crippen molar-refractivity contribution in [2.75, 3.05) is 0 Å². The predicted octanol–water partition coefficient (Wildman–Crippen LogP) is 3.10. The molecule has 0 radical (unpaired) electrons. The van der Waals surface area contributed by atoms with Gasteiger partial charge < -0.3 is 14.4 Å². The third-order valence-corrected chi connectivity index (χ3v) is 5.84. The van der Waals surface area contributed by atoms with Gasteiger partial charge in [-0.15, -0.1) is 0 Å². The number of halogens is 3. The van der Waals surface area contributed by atoms with E-state index in [0.29, 0.717) is 22.3 Å². The molecule has 1 unspecified atom stereocenters. The molecule has 4 heterocycles. The predicted molar refractivity (Wildman–Crippen MR) is 99.5 cm³/mol. The lowest BCUT2D eigenvalue weighted by Gasteiger charge is -2.31. The number of carbonyl (C=O) groups excluding carboxylic acids is 1.